The molecule has 0 radical (unpaired) electrons. The lowest BCUT2D eigenvalue weighted by molar-refractivity contribution is 0.0981. The van der Waals surface area contributed by atoms with E-state index in [1.54, 1.807) is 43.4 Å². The predicted octanol–water partition coefficient (Wildman–Crippen LogP) is 4.11. The van der Waals surface area contributed by atoms with Crippen molar-refractivity contribution >= 4 is 38.4 Å². The van der Waals surface area contributed by atoms with Gasteiger partial charge in [0.05, 0.1) is 24.4 Å². The van der Waals surface area contributed by atoms with E-state index < -0.39 is 0 Å². The van der Waals surface area contributed by atoms with E-state index in [1.165, 1.54) is 18.3 Å². The van der Waals surface area contributed by atoms with E-state index in [4.69, 9.17) is 14.5 Å². The van der Waals surface area contributed by atoms with Crippen molar-refractivity contribution in [2.75, 3.05) is 46.3 Å². The molecule has 0 bridgehead atoms. The number of ketones is 1. The summed E-state index contributed by atoms with van der Waals surface area (Å²) in [6.45, 7) is 2.88. The molecule has 0 N–H and O–H groups in total. The van der Waals surface area contributed by atoms with E-state index in [-0.39, 0.29) is 11.7 Å². The Morgan fingerprint density at radius 3 is 2.16 bits per heavy atom. The zero-order valence-electron chi connectivity index (χ0n) is 18.5. The molecule has 2 aromatic carbocycles. The van der Waals surface area contributed by atoms with Crippen molar-refractivity contribution in [3.63, 3.8) is 0 Å². The Morgan fingerprint density at radius 1 is 0.968 bits per heavy atom. The number of anilines is 1. The monoisotopic (exact) mass is 441 g/mol. The van der Waals surface area contributed by atoms with Crippen LogP contribution in [0.5, 0.6) is 11.5 Å². The molecule has 0 saturated heterocycles. The van der Waals surface area contributed by atoms with Crippen LogP contribution in [-0.2, 0) is 0 Å². The number of Topliss-reactive ketones (excluding diaryl/α,β-unsaturated/α-hetero) is 1. The molecule has 0 aliphatic rings. The summed E-state index contributed by atoms with van der Waals surface area (Å²) in [5, 5.41) is 0.615. The smallest absolute Gasteiger partial charge is 0.260 e. The number of nitrogens with zero attached hydrogens (tertiary/aromatic N) is 3. The summed E-state index contributed by atoms with van der Waals surface area (Å²) in [5.74, 6) is 1.04. The molecular weight excluding hydrogens is 414 g/mol. The molecule has 1 heterocycles. The highest BCUT2D eigenvalue weighted by Gasteiger charge is 2.22. The number of carbonyl (C=O) groups excluding carboxylic acids is 2. The number of carbonyl (C=O) groups is 2. The molecule has 8 heteroatoms. The first kappa shape index (κ1) is 22.7. The highest BCUT2D eigenvalue weighted by Crippen LogP contribution is 2.37. The molecule has 0 aliphatic heterocycles. The zero-order chi connectivity index (χ0) is 22.5. The van der Waals surface area contributed by atoms with Crippen molar-refractivity contribution < 1.29 is 19.1 Å². The summed E-state index contributed by atoms with van der Waals surface area (Å²) < 4.78 is 11.7. The topological polar surface area (TPSA) is 72.0 Å². The number of benzene rings is 2. The van der Waals surface area contributed by atoms with Crippen LogP contribution in [-0.4, -0.2) is 63.0 Å². The minimum absolute atomic E-state index is 0.0316. The van der Waals surface area contributed by atoms with Crippen molar-refractivity contribution in [2.24, 2.45) is 0 Å². The zero-order valence-corrected chi connectivity index (χ0v) is 19.3. The van der Waals surface area contributed by atoms with Crippen LogP contribution < -0.4 is 14.4 Å². The molecule has 0 fully saturated rings. The van der Waals surface area contributed by atoms with Gasteiger partial charge in [0.15, 0.2) is 22.4 Å². The van der Waals surface area contributed by atoms with Crippen LogP contribution in [0.15, 0.2) is 36.4 Å². The number of ether oxygens (including phenoxy) is 2. The molecule has 3 rings (SSSR count). The predicted molar refractivity (Wildman–Crippen MR) is 124 cm³/mol. The van der Waals surface area contributed by atoms with Crippen LogP contribution >= 0.6 is 11.3 Å². The van der Waals surface area contributed by atoms with Gasteiger partial charge in [0.1, 0.15) is 0 Å². The number of hydrogen-bond donors (Lipinski definition) is 0. The van der Waals surface area contributed by atoms with Crippen LogP contribution in [0.25, 0.3) is 10.2 Å². The molecule has 0 unspecified atom stereocenters. The molecule has 7 nitrogen and oxygen atoms in total. The van der Waals surface area contributed by atoms with Gasteiger partial charge in [-0.1, -0.05) is 23.5 Å². The third-order valence-electron chi connectivity index (χ3n) is 4.88. The maximum atomic E-state index is 13.4. The van der Waals surface area contributed by atoms with Crippen molar-refractivity contribution in [2.45, 2.75) is 13.3 Å². The molecule has 0 aliphatic carbocycles. The Bertz CT molecular complexity index is 1040. The van der Waals surface area contributed by atoms with Crippen LogP contribution in [0.1, 0.15) is 34.1 Å². The number of fused-ring (bicyclic) bond motifs is 1. The summed E-state index contributed by atoms with van der Waals surface area (Å²) >= 11 is 1.43. The molecule has 1 amide bonds. The van der Waals surface area contributed by atoms with E-state index in [0.29, 0.717) is 34.3 Å². The quantitative estimate of drug-likeness (QED) is 0.465. The number of hydrogen-bond acceptors (Lipinski definition) is 7. The molecule has 164 valence electrons. The van der Waals surface area contributed by atoms with Gasteiger partial charge in [0.2, 0.25) is 0 Å². The Balaban J connectivity index is 1.97. The first-order valence-corrected chi connectivity index (χ1v) is 10.8. The summed E-state index contributed by atoms with van der Waals surface area (Å²) in [6, 6.07) is 10.4. The van der Waals surface area contributed by atoms with Gasteiger partial charge >= 0.3 is 0 Å². The summed E-state index contributed by atoms with van der Waals surface area (Å²) in [6.07, 6.45) is 0.798. The van der Waals surface area contributed by atoms with Crippen LogP contribution in [0.4, 0.5) is 5.13 Å². The van der Waals surface area contributed by atoms with Crippen LogP contribution in [0.3, 0.4) is 0 Å². The van der Waals surface area contributed by atoms with Gasteiger partial charge in [-0.3, -0.25) is 14.5 Å². The lowest BCUT2D eigenvalue weighted by atomic mass is 10.1. The third kappa shape index (κ3) is 5.21. The van der Waals surface area contributed by atoms with Gasteiger partial charge in [0, 0.05) is 29.8 Å². The number of amides is 1. The van der Waals surface area contributed by atoms with Crippen molar-refractivity contribution in [3.8, 4) is 11.5 Å². The van der Waals surface area contributed by atoms with Gasteiger partial charge in [-0.05, 0) is 46.1 Å². The van der Waals surface area contributed by atoms with Gasteiger partial charge in [0.25, 0.3) is 5.91 Å². The largest absolute Gasteiger partial charge is 0.493 e. The summed E-state index contributed by atoms with van der Waals surface area (Å²) in [5.41, 5.74) is 1.84. The lowest BCUT2D eigenvalue weighted by Gasteiger charge is -2.21. The highest BCUT2D eigenvalue weighted by atomic mass is 32.1. The Kier molecular flexibility index (Phi) is 7.25. The van der Waals surface area contributed by atoms with Gasteiger partial charge in [-0.25, -0.2) is 4.98 Å². The molecule has 1 aromatic heterocycles. The second-order valence-corrected chi connectivity index (χ2v) is 8.43. The summed E-state index contributed by atoms with van der Waals surface area (Å²) in [4.78, 5) is 33.4. The second-order valence-electron chi connectivity index (χ2n) is 7.42. The average Bonchev–Trinajstić information content (AvgIpc) is 3.17. The van der Waals surface area contributed by atoms with E-state index in [9.17, 15) is 9.59 Å². The fourth-order valence-corrected chi connectivity index (χ4v) is 4.19. The minimum atomic E-state index is -0.146. The van der Waals surface area contributed by atoms with Crippen molar-refractivity contribution in [3.05, 3.63) is 47.5 Å². The highest BCUT2D eigenvalue weighted by molar-refractivity contribution is 7.22. The van der Waals surface area contributed by atoms with Crippen LogP contribution in [0.2, 0.25) is 0 Å². The van der Waals surface area contributed by atoms with E-state index in [1.807, 2.05) is 26.2 Å². The number of methoxy groups -OCH3 is 2. The van der Waals surface area contributed by atoms with Crippen LogP contribution in [0, 0.1) is 0 Å². The van der Waals surface area contributed by atoms with E-state index in [0.717, 1.165) is 23.2 Å². The van der Waals surface area contributed by atoms with Crippen molar-refractivity contribution in [1.82, 2.24) is 9.88 Å². The Morgan fingerprint density at radius 2 is 1.58 bits per heavy atom. The lowest BCUT2D eigenvalue weighted by Crippen LogP contribution is -2.33. The first-order chi connectivity index (χ1) is 14.8. The van der Waals surface area contributed by atoms with Gasteiger partial charge in [-0.15, -0.1) is 0 Å². The minimum Gasteiger partial charge on any atom is -0.493 e. The maximum Gasteiger partial charge on any atom is 0.260 e. The maximum absolute atomic E-state index is 13.4. The second kappa shape index (κ2) is 9.89. The first-order valence-electron chi connectivity index (χ1n) is 9.94. The van der Waals surface area contributed by atoms with Crippen molar-refractivity contribution in [1.29, 1.82) is 0 Å². The van der Waals surface area contributed by atoms with E-state index in [2.05, 4.69) is 4.90 Å². The normalized spacial score (nSPS) is 11.0. The number of rotatable bonds is 9. The molecule has 0 spiro atoms. The summed E-state index contributed by atoms with van der Waals surface area (Å²) in [7, 11) is 7.18. The molecule has 0 atom stereocenters. The molecule has 3 aromatic rings. The third-order valence-corrected chi connectivity index (χ3v) is 5.93. The molecule has 31 heavy (non-hydrogen) atoms. The molecular formula is C23H27N3O4S. The average molecular weight is 442 g/mol. The van der Waals surface area contributed by atoms with Gasteiger partial charge in [-0.2, -0.15) is 0 Å². The number of aromatic nitrogens is 1. The Labute approximate surface area is 186 Å². The standard InChI is InChI=1S/C23H27N3O4S/c1-15(27)16-7-9-17(10-8-16)22(28)26(12-6-11-25(2)3)23-24-18-13-19(29-4)20(30-5)14-21(18)31-23/h7-10,13-14H,6,11-12H2,1-5H3. The fourth-order valence-electron chi connectivity index (χ4n) is 3.19. The van der Waals surface area contributed by atoms with Gasteiger partial charge < -0.3 is 14.4 Å². The Hall–Kier alpha value is -2.97. The SMILES string of the molecule is COc1cc2nc(N(CCCN(C)C)C(=O)c3ccc(C(C)=O)cc3)sc2cc1OC. The number of thiazole rings is 1. The molecule has 0 saturated carbocycles. The fraction of sp³-hybridized carbons (Fsp3) is 0.348. The van der Waals surface area contributed by atoms with E-state index >= 15 is 0 Å².